The summed E-state index contributed by atoms with van der Waals surface area (Å²) in [6, 6.07) is 5.75. The summed E-state index contributed by atoms with van der Waals surface area (Å²) in [4.78, 5) is 14.5. The van der Waals surface area contributed by atoms with Gasteiger partial charge in [-0.3, -0.25) is 14.8 Å². The first-order valence-electron chi connectivity index (χ1n) is 8.20. The molecule has 1 unspecified atom stereocenters. The van der Waals surface area contributed by atoms with E-state index in [4.69, 9.17) is 4.42 Å². The smallest absolute Gasteiger partial charge is 0.271 e. The Hall–Kier alpha value is -2.08. The summed E-state index contributed by atoms with van der Waals surface area (Å²) in [5, 5.41) is 10.0. The number of aromatic nitrogens is 2. The molecule has 0 aromatic carbocycles. The van der Waals surface area contributed by atoms with Crippen molar-refractivity contribution < 1.29 is 9.21 Å². The number of nitrogens with zero attached hydrogens (tertiary/aromatic N) is 2. The van der Waals surface area contributed by atoms with Crippen molar-refractivity contribution >= 4 is 5.91 Å². The minimum absolute atomic E-state index is 0.0994. The highest BCUT2D eigenvalue weighted by Crippen LogP contribution is 2.18. The van der Waals surface area contributed by atoms with E-state index in [1.807, 2.05) is 18.2 Å². The molecular weight excluding hydrogens is 292 g/mol. The van der Waals surface area contributed by atoms with Crippen LogP contribution < -0.4 is 5.32 Å². The molecule has 0 bridgehead atoms. The van der Waals surface area contributed by atoms with E-state index in [1.165, 1.54) is 0 Å². The maximum Gasteiger partial charge on any atom is 0.271 e. The molecule has 1 amide bonds. The number of carbonyl (C=O) groups excluding carboxylic acids is 1. The normalized spacial score (nSPS) is 18.7. The number of nitrogens with one attached hydrogen (secondary N) is 2. The van der Waals surface area contributed by atoms with E-state index in [2.05, 4.69) is 34.3 Å². The van der Waals surface area contributed by atoms with Crippen LogP contribution in [0.5, 0.6) is 0 Å². The lowest BCUT2D eigenvalue weighted by Crippen LogP contribution is -2.31. The molecule has 2 N–H and O–H groups in total. The van der Waals surface area contributed by atoms with Gasteiger partial charge >= 0.3 is 0 Å². The van der Waals surface area contributed by atoms with Gasteiger partial charge in [-0.25, -0.2) is 0 Å². The molecule has 1 fully saturated rings. The maximum absolute atomic E-state index is 12.2. The van der Waals surface area contributed by atoms with E-state index in [9.17, 15) is 4.79 Å². The Bertz CT molecular complexity index is 633. The van der Waals surface area contributed by atoms with Gasteiger partial charge < -0.3 is 9.73 Å². The summed E-state index contributed by atoms with van der Waals surface area (Å²) in [5.74, 6) is 1.72. The van der Waals surface area contributed by atoms with Gasteiger partial charge in [-0.1, -0.05) is 13.8 Å². The molecule has 1 atom stereocenters. The van der Waals surface area contributed by atoms with Crippen LogP contribution >= 0.6 is 0 Å². The number of aromatic amines is 1. The van der Waals surface area contributed by atoms with Crippen molar-refractivity contribution in [3.8, 4) is 0 Å². The topological polar surface area (TPSA) is 74.2 Å². The fourth-order valence-corrected chi connectivity index (χ4v) is 2.92. The second-order valence-electron chi connectivity index (χ2n) is 6.54. The predicted molar refractivity (Wildman–Crippen MR) is 87.1 cm³/mol. The molecule has 0 radical (unpaired) electrons. The molecule has 0 saturated carbocycles. The van der Waals surface area contributed by atoms with Gasteiger partial charge in [0.15, 0.2) is 0 Å². The van der Waals surface area contributed by atoms with Crippen molar-refractivity contribution in [2.75, 3.05) is 19.6 Å². The fourth-order valence-electron chi connectivity index (χ4n) is 2.92. The number of H-pyrrole nitrogens is 1. The van der Waals surface area contributed by atoms with E-state index in [0.29, 0.717) is 24.1 Å². The maximum atomic E-state index is 12.2. The van der Waals surface area contributed by atoms with Gasteiger partial charge in [-0.2, -0.15) is 5.10 Å². The van der Waals surface area contributed by atoms with Gasteiger partial charge in [-0.15, -0.1) is 0 Å². The average Bonchev–Trinajstić information content (AvgIpc) is 3.27. The zero-order valence-corrected chi connectivity index (χ0v) is 13.7. The van der Waals surface area contributed by atoms with Gasteiger partial charge in [0.05, 0.1) is 12.8 Å². The van der Waals surface area contributed by atoms with Gasteiger partial charge in [0, 0.05) is 18.8 Å². The number of likely N-dealkylation sites (tertiary alicyclic amines) is 1. The lowest BCUT2D eigenvalue weighted by atomic mass is 10.1. The van der Waals surface area contributed by atoms with Crippen LogP contribution in [0.25, 0.3) is 0 Å². The second kappa shape index (κ2) is 7.00. The Morgan fingerprint density at radius 1 is 1.57 bits per heavy atom. The summed E-state index contributed by atoms with van der Waals surface area (Å²) >= 11 is 0. The molecule has 1 aliphatic rings. The lowest BCUT2D eigenvalue weighted by Gasteiger charge is -2.14. The highest BCUT2D eigenvalue weighted by molar-refractivity contribution is 5.92. The number of hydrogen-bond acceptors (Lipinski definition) is 4. The van der Waals surface area contributed by atoms with Crippen molar-refractivity contribution in [2.45, 2.75) is 32.7 Å². The van der Waals surface area contributed by atoms with E-state index in [-0.39, 0.29) is 5.91 Å². The summed E-state index contributed by atoms with van der Waals surface area (Å²) < 4.78 is 5.39. The van der Waals surface area contributed by atoms with Crippen LogP contribution in [0.3, 0.4) is 0 Å². The SMILES string of the molecule is CC(C)c1cc(C(=O)NCC2CCN(Cc3ccco3)C2)n[nH]1. The van der Waals surface area contributed by atoms with Crippen LogP contribution in [0.1, 0.15) is 48.1 Å². The van der Waals surface area contributed by atoms with Crippen LogP contribution in [0, 0.1) is 5.92 Å². The molecule has 124 valence electrons. The minimum atomic E-state index is -0.0994. The lowest BCUT2D eigenvalue weighted by molar-refractivity contribution is 0.0942. The van der Waals surface area contributed by atoms with Crippen LogP contribution in [-0.2, 0) is 6.54 Å². The van der Waals surface area contributed by atoms with Crippen LogP contribution in [-0.4, -0.2) is 40.6 Å². The zero-order valence-electron chi connectivity index (χ0n) is 13.7. The third-order valence-corrected chi connectivity index (χ3v) is 4.33. The molecule has 23 heavy (non-hydrogen) atoms. The predicted octanol–water partition coefficient (Wildman–Crippen LogP) is 2.38. The highest BCUT2D eigenvalue weighted by atomic mass is 16.3. The Balaban J connectivity index is 1.44. The van der Waals surface area contributed by atoms with Gasteiger partial charge in [0.1, 0.15) is 11.5 Å². The average molecular weight is 316 g/mol. The molecule has 1 saturated heterocycles. The van der Waals surface area contributed by atoms with Gasteiger partial charge in [0.2, 0.25) is 0 Å². The molecule has 0 aliphatic carbocycles. The first kappa shape index (κ1) is 15.8. The first-order chi connectivity index (χ1) is 11.1. The molecule has 0 spiro atoms. The molecule has 2 aromatic heterocycles. The molecule has 3 rings (SSSR count). The molecule has 6 heteroatoms. The highest BCUT2D eigenvalue weighted by Gasteiger charge is 2.24. The van der Waals surface area contributed by atoms with Crippen molar-refractivity contribution in [2.24, 2.45) is 5.92 Å². The number of amides is 1. The van der Waals surface area contributed by atoms with E-state index >= 15 is 0 Å². The third kappa shape index (κ3) is 4.01. The van der Waals surface area contributed by atoms with E-state index in [0.717, 1.165) is 37.5 Å². The summed E-state index contributed by atoms with van der Waals surface area (Å²) in [5.41, 5.74) is 1.46. The van der Waals surface area contributed by atoms with Crippen molar-refractivity contribution in [1.82, 2.24) is 20.4 Å². The quantitative estimate of drug-likeness (QED) is 0.858. The molecule has 6 nitrogen and oxygen atoms in total. The van der Waals surface area contributed by atoms with Gasteiger partial charge in [-0.05, 0) is 43.0 Å². The van der Waals surface area contributed by atoms with Crippen LogP contribution in [0.15, 0.2) is 28.9 Å². The molecule has 1 aliphatic heterocycles. The molecule has 3 heterocycles. The number of hydrogen-bond donors (Lipinski definition) is 2. The Labute approximate surface area is 136 Å². The standard InChI is InChI=1S/C17H24N4O2/c1-12(2)15-8-16(20-19-15)17(22)18-9-13-5-6-21(10-13)11-14-4-3-7-23-14/h3-4,7-8,12-13H,5-6,9-11H2,1-2H3,(H,18,22)(H,19,20). The number of rotatable bonds is 6. The van der Waals surface area contributed by atoms with Gasteiger partial charge in [0.25, 0.3) is 5.91 Å². The Morgan fingerprint density at radius 3 is 3.13 bits per heavy atom. The third-order valence-electron chi connectivity index (χ3n) is 4.33. The molecule has 2 aromatic rings. The number of carbonyl (C=O) groups is 1. The molecular formula is C17H24N4O2. The van der Waals surface area contributed by atoms with Crippen LogP contribution in [0.2, 0.25) is 0 Å². The summed E-state index contributed by atoms with van der Waals surface area (Å²) in [7, 11) is 0. The number of furan rings is 1. The largest absolute Gasteiger partial charge is 0.468 e. The monoisotopic (exact) mass is 316 g/mol. The minimum Gasteiger partial charge on any atom is -0.468 e. The van der Waals surface area contributed by atoms with Crippen LogP contribution in [0.4, 0.5) is 0 Å². The first-order valence-corrected chi connectivity index (χ1v) is 8.20. The Morgan fingerprint density at radius 2 is 2.43 bits per heavy atom. The van der Waals surface area contributed by atoms with Crippen molar-refractivity contribution in [3.63, 3.8) is 0 Å². The summed E-state index contributed by atoms with van der Waals surface area (Å²) in [6.45, 7) is 7.70. The zero-order chi connectivity index (χ0) is 16.2. The van der Waals surface area contributed by atoms with Crippen molar-refractivity contribution in [3.05, 3.63) is 41.6 Å². The van der Waals surface area contributed by atoms with E-state index < -0.39 is 0 Å². The Kier molecular flexibility index (Phi) is 4.81. The van der Waals surface area contributed by atoms with E-state index in [1.54, 1.807) is 6.26 Å². The fraction of sp³-hybridized carbons (Fsp3) is 0.529. The second-order valence-corrected chi connectivity index (χ2v) is 6.54. The summed E-state index contributed by atoms with van der Waals surface area (Å²) in [6.07, 6.45) is 2.80. The van der Waals surface area contributed by atoms with Crippen molar-refractivity contribution in [1.29, 1.82) is 0 Å².